The number of carbonyl (C=O) groups excluding carboxylic acids is 3. The molecule has 1 unspecified atom stereocenters. The molecular formula is C41H42F6N6O5. The first-order chi connectivity index (χ1) is 27.5. The van der Waals surface area contributed by atoms with Crippen LogP contribution >= 0.6 is 0 Å². The van der Waals surface area contributed by atoms with Crippen LogP contribution in [0.1, 0.15) is 49.7 Å². The summed E-state index contributed by atoms with van der Waals surface area (Å²) in [6, 6.07) is 9.32. The Balaban J connectivity index is 0.941. The van der Waals surface area contributed by atoms with Crippen LogP contribution in [0.25, 0.3) is 21.9 Å². The van der Waals surface area contributed by atoms with E-state index in [1.807, 2.05) is 4.90 Å². The summed E-state index contributed by atoms with van der Waals surface area (Å²) in [7, 11) is 1.56. The monoisotopic (exact) mass is 812 g/mol. The summed E-state index contributed by atoms with van der Waals surface area (Å²) < 4.78 is 89.5. The molecule has 1 atom stereocenters. The molecule has 0 bridgehead atoms. The van der Waals surface area contributed by atoms with Crippen LogP contribution in [0.2, 0.25) is 0 Å². The number of ether oxygens (including phenoxy) is 1. The molecule has 2 amide bonds. The maximum atomic E-state index is 14.2. The molecule has 0 radical (unpaired) electrons. The minimum atomic E-state index is -4.93. The minimum absolute atomic E-state index is 0.00854. The number of nitrogens with one attached hydrogen (secondary N) is 2. The number of aromatic nitrogens is 2. The summed E-state index contributed by atoms with van der Waals surface area (Å²) in [5.41, 5.74) is 0.366. The quantitative estimate of drug-likeness (QED) is 0.137. The molecule has 58 heavy (non-hydrogen) atoms. The molecule has 5 heterocycles. The van der Waals surface area contributed by atoms with E-state index < -0.39 is 36.0 Å². The van der Waals surface area contributed by atoms with Gasteiger partial charge in [0.15, 0.2) is 0 Å². The lowest BCUT2D eigenvalue weighted by Gasteiger charge is -2.36. The van der Waals surface area contributed by atoms with E-state index in [2.05, 4.69) is 20.4 Å². The summed E-state index contributed by atoms with van der Waals surface area (Å²) in [6.45, 7) is 1.81. The number of piperidine rings is 3. The van der Waals surface area contributed by atoms with E-state index in [9.17, 15) is 45.5 Å². The Hall–Kier alpha value is -5.45. The van der Waals surface area contributed by atoms with Gasteiger partial charge in [0.05, 0.1) is 17.5 Å². The molecule has 3 saturated heterocycles. The van der Waals surface area contributed by atoms with Crippen molar-refractivity contribution in [3.63, 3.8) is 0 Å². The van der Waals surface area contributed by atoms with Crippen LogP contribution in [0.5, 0.6) is 5.75 Å². The first kappa shape index (κ1) is 40.7. The van der Waals surface area contributed by atoms with Crippen molar-refractivity contribution >= 4 is 39.7 Å². The number of anilines is 2. The van der Waals surface area contributed by atoms with E-state index >= 15 is 0 Å². The molecular weight excluding hydrogens is 770 g/mol. The number of ketones is 1. The predicted molar refractivity (Wildman–Crippen MR) is 203 cm³/mol. The lowest BCUT2D eigenvalue weighted by atomic mass is 9.88. The summed E-state index contributed by atoms with van der Waals surface area (Å²) in [5, 5.41) is 5.88. The van der Waals surface area contributed by atoms with E-state index in [1.165, 1.54) is 35.2 Å². The highest BCUT2D eigenvalue weighted by atomic mass is 19.4. The molecule has 3 aliphatic rings. The molecule has 308 valence electrons. The third kappa shape index (κ3) is 9.30. The smallest absolute Gasteiger partial charge is 0.405 e. The minimum Gasteiger partial charge on any atom is -0.405 e. The molecule has 3 fully saturated rings. The van der Waals surface area contributed by atoms with Gasteiger partial charge in [-0.05, 0) is 104 Å². The number of likely N-dealkylation sites (tertiary alicyclic amines) is 1. The molecule has 2 aromatic carbocycles. The number of fused-ring (bicyclic) bond motifs is 1. The normalized spacial score (nSPS) is 19.0. The van der Waals surface area contributed by atoms with Crippen LogP contribution < -0.4 is 25.8 Å². The zero-order chi connectivity index (χ0) is 41.4. The van der Waals surface area contributed by atoms with Crippen LogP contribution in [0.4, 0.5) is 37.7 Å². The fraction of sp³-hybridized carbons (Fsp3) is 0.439. The van der Waals surface area contributed by atoms with Gasteiger partial charge in [-0.1, -0.05) is 12.1 Å². The number of imide groups is 1. The molecule has 17 heteroatoms. The number of alkyl halides is 6. The van der Waals surface area contributed by atoms with Gasteiger partial charge in [0, 0.05) is 68.0 Å². The number of aryl methyl sites for hydroxylation is 1. The highest BCUT2D eigenvalue weighted by molar-refractivity contribution is 6.01. The van der Waals surface area contributed by atoms with E-state index in [1.54, 1.807) is 36.3 Å². The lowest BCUT2D eigenvalue weighted by Crippen LogP contribution is -2.47. The fourth-order valence-electron chi connectivity index (χ4n) is 8.26. The van der Waals surface area contributed by atoms with Crippen LogP contribution in [-0.2, 0) is 34.0 Å². The first-order valence-corrected chi connectivity index (χ1v) is 19.2. The molecule has 3 aliphatic heterocycles. The third-order valence-corrected chi connectivity index (χ3v) is 11.4. The number of hydrogen-bond donors (Lipinski definition) is 2. The van der Waals surface area contributed by atoms with Crippen LogP contribution in [-0.4, -0.2) is 77.2 Å². The summed E-state index contributed by atoms with van der Waals surface area (Å²) in [5.74, 6) is -1.60. The highest BCUT2D eigenvalue weighted by Crippen LogP contribution is 2.40. The molecule has 0 saturated carbocycles. The molecule has 2 N–H and O–H groups in total. The molecule has 7 rings (SSSR count). The molecule has 0 aliphatic carbocycles. The number of Topliss-reactive ketones (excluding diaryl/α,β-unsaturated/α-hetero) is 1. The number of carbonyl (C=O) groups is 3. The van der Waals surface area contributed by atoms with E-state index in [0.29, 0.717) is 72.7 Å². The second-order valence-electron chi connectivity index (χ2n) is 15.3. The van der Waals surface area contributed by atoms with Gasteiger partial charge in [-0.3, -0.25) is 34.4 Å². The van der Waals surface area contributed by atoms with Crippen LogP contribution in [0.15, 0.2) is 65.8 Å². The van der Waals surface area contributed by atoms with Crippen molar-refractivity contribution in [3.8, 4) is 16.9 Å². The highest BCUT2D eigenvalue weighted by Gasteiger charge is 2.38. The number of nitrogens with zero attached hydrogens (tertiary/aromatic N) is 4. The summed E-state index contributed by atoms with van der Waals surface area (Å²) in [4.78, 5) is 57.3. The Labute approximate surface area is 329 Å². The van der Waals surface area contributed by atoms with Crippen molar-refractivity contribution < 1.29 is 45.5 Å². The summed E-state index contributed by atoms with van der Waals surface area (Å²) in [6.07, 6.45) is -2.45. The van der Waals surface area contributed by atoms with Crippen molar-refractivity contribution in [1.29, 1.82) is 0 Å². The average Bonchev–Trinajstić information content (AvgIpc) is 3.18. The Morgan fingerprint density at radius 1 is 0.914 bits per heavy atom. The average molecular weight is 813 g/mol. The number of halogens is 6. The first-order valence-electron chi connectivity index (χ1n) is 19.2. The number of amides is 2. The maximum Gasteiger partial charge on any atom is 0.573 e. The third-order valence-electron chi connectivity index (χ3n) is 11.4. The zero-order valence-corrected chi connectivity index (χ0v) is 31.6. The van der Waals surface area contributed by atoms with Crippen molar-refractivity contribution in [1.82, 2.24) is 19.8 Å². The van der Waals surface area contributed by atoms with Crippen molar-refractivity contribution in [2.45, 2.75) is 63.5 Å². The van der Waals surface area contributed by atoms with E-state index in [0.717, 1.165) is 6.07 Å². The number of rotatable bonds is 10. The van der Waals surface area contributed by atoms with Gasteiger partial charge in [0.25, 0.3) is 5.56 Å². The van der Waals surface area contributed by atoms with Gasteiger partial charge in [-0.15, -0.1) is 13.2 Å². The van der Waals surface area contributed by atoms with Crippen LogP contribution in [0.3, 0.4) is 0 Å². The maximum absolute atomic E-state index is 14.2. The Bertz CT molecular complexity index is 2260. The molecule has 2 aromatic heterocycles. The van der Waals surface area contributed by atoms with Gasteiger partial charge < -0.3 is 19.5 Å². The standard InChI is InChI=1S/C41H42F6N6O5/c1-51-22-31(29-8-13-48-21-30(29)39(51)57)26-2-3-27(36(19-26)58-41(45,46)47)18-24-9-14-52(15-10-24)23-35(54)25-11-16-53(17-12-25)34-6-4-28(20-32(34)40(42,43)44)49-33-5-7-37(55)50-38(33)56/h2-4,6,8,13,19-22,24-25,33,49H,5,7,9-12,14-18,23H2,1H3,(H,50,55,56). The van der Waals surface area contributed by atoms with Crippen molar-refractivity contribution in [2.75, 3.05) is 42.9 Å². The second kappa shape index (κ2) is 16.4. The Morgan fingerprint density at radius 3 is 2.34 bits per heavy atom. The zero-order valence-electron chi connectivity index (χ0n) is 31.6. The topological polar surface area (TPSA) is 126 Å². The van der Waals surface area contributed by atoms with Crippen LogP contribution in [0, 0.1) is 11.8 Å². The van der Waals surface area contributed by atoms with Crippen molar-refractivity contribution in [3.05, 3.63) is 82.5 Å². The van der Waals surface area contributed by atoms with Gasteiger partial charge in [-0.2, -0.15) is 13.2 Å². The van der Waals surface area contributed by atoms with E-state index in [4.69, 9.17) is 0 Å². The predicted octanol–water partition coefficient (Wildman–Crippen LogP) is 6.48. The molecule has 4 aromatic rings. The van der Waals surface area contributed by atoms with Gasteiger partial charge >= 0.3 is 12.5 Å². The second-order valence-corrected chi connectivity index (χ2v) is 15.3. The van der Waals surface area contributed by atoms with Crippen molar-refractivity contribution in [2.24, 2.45) is 18.9 Å². The number of pyridine rings is 2. The van der Waals surface area contributed by atoms with Gasteiger partial charge in [0.2, 0.25) is 11.8 Å². The fourth-order valence-corrected chi connectivity index (χ4v) is 8.26. The lowest BCUT2D eigenvalue weighted by molar-refractivity contribution is -0.274. The number of benzene rings is 2. The number of hydrogen-bond acceptors (Lipinski definition) is 9. The summed E-state index contributed by atoms with van der Waals surface area (Å²) >= 11 is 0. The van der Waals surface area contributed by atoms with E-state index in [-0.39, 0.29) is 72.8 Å². The van der Waals surface area contributed by atoms with Gasteiger partial charge in [-0.25, -0.2) is 0 Å². The largest absolute Gasteiger partial charge is 0.573 e. The molecule has 11 nitrogen and oxygen atoms in total. The Morgan fingerprint density at radius 2 is 1.66 bits per heavy atom. The van der Waals surface area contributed by atoms with Gasteiger partial charge in [0.1, 0.15) is 17.6 Å². The molecule has 0 spiro atoms. The Kier molecular flexibility index (Phi) is 11.5. The SMILES string of the molecule is Cn1cc(-c2ccc(CC3CCN(CC(=O)C4CCN(c5ccc(NC6CCC(=O)NC6=O)cc5C(F)(F)F)CC4)CC3)c(OC(F)(F)F)c2)c2ccncc2c1=O.